The van der Waals surface area contributed by atoms with Crippen LogP contribution in [0.1, 0.15) is 11.4 Å². The lowest BCUT2D eigenvalue weighted by Gasteiger charge is -2.08. The standard InChI is InChI=1S/C14H12BrClN4O/c1-7-8(2)20-13(18-19-14(20)12(16)17-7)9-4-5-11(21-3)10(15)6-9/h4-6H,1-3H3. The fourth-order valence-corrected chi connectivity index (χ4v) is 2.96. The monoisotopic (exact) mass is 366 g/mol. The number of rotatable bonds is 2. The number of hydrogen-bond acceptors (Lipinski definition) is 4. The molecule has 3 rings (SSSR count). The highest BCUT2D eigenvalue weighted by molar-refractivity contribution is 9.10. The van der Waals surface area contributed by atoms with E-state index in [4.69, 9.17) is 16.3 Å². The number of methoxy groups -OCH3 is 1. The minimum Gasteiger partial charge on any atom is -0.496 e. The number of hydrogen-bond donors (Lipinski definition) is 0. The van der Waals surface area contributed by atoms with Gasteiger partial charge in [-0.2, -0.15) is 0 Å². The van der Waals surface area contributed by atoms with Crippen LogP contribution in [0.3, 0.4) is 0 Å². The summed E-state index contributed by atoms with van der Waals surface area (Å²) in [5.41, 5.74) is 3.28. The lowest BCUT2D eigenvalue weighted by atomic mass is 10.2. The predicted molar refractivity (Wildman–Crippen MR) is 85.0 cm³/mol. The molecule has 0 spiro atoms. The molecule has 1 aromatic carbocycles. The Labute approximate surface area is 135 Å². The molecule has 0 bridgehead atoms. The quantitative estimate of drug-likeness (QED) is 0.691. The first-order chi connectivity index (χ1) is 10.0. The molecule has 0 saturated heterocycles. The summed E-state index contributed by atoms with van der Waals surface area (Å²) >= 11 is 9.63. The number of ether oxygens (including phenoxy) is 1. The smallest absolute Gasteiger partial charge is 0.199 e. The van der Waals surface area contributed by atoms with E-state index in [2.05, 4.69) is 31.1 Å². The second kappa shape index (κ2) is 5.27. The van der Waals surface area contributed by atoms with E-state index in [1.165, 1.54) is 0 Å². The molecule has 0 saturated carbocycles. The fraction of sp³-hybridized carbons (Fsp3) is 0.214. The van der Waals surface area contributed by atoms with Gasteiger partial charge in [0.2, 0.25) is 0 Å². The van der Waals surface area contributed by atoms with Crippen LogP contribution in [0.25, 0.3) is 17.0 Å². The zero-order valence-corrected chi connectivity index (χ0v) is 14.0. The SMILES string of the molecule is COc1ccc(-c2nnc3c(Cl)nc(C)c(C)n23)cc1Br. The van der Waals surface area contributed by atoms with Crippen molar-refractivity contribution in [1.82, 2.24) is 19.6 Å². The van der Waals surface area contributed by atoms with Crippen LogP contribution in [0.5, 0.6) is 5.75 Å². The number of nitrogens with zero attached hydrogens (tertiary/aromatic N) is 4. The van der Waals surface area contributed by atoms with Crippen LogP contribution in [-0.4, -0.2) is 26.7 Å². The van der Waals surface area contributed by atoms with Gasteiger partial charge in [0.1, 0.15) is 5.75 Å². The highest BCUT2D eigenvalue weighted by Crippen LogP contribution is 2.31. The van der Waals surface area contributed by atoms with Crippen LogP contribution in [0.15, 0.2) is 22.7 Å². The van der Waals surface area contributed by atoms with Gasteiger partial charge in [0.05, 0.1) is 17.3 Å². The van der Waals surface area contributed by atoms with Gasteiger partial charge in [-0.1, -0.05) is 11.6 Å². The van der Waals surface area contributed by atoms with E-state index < -0.39 is 0 Å². The molecule has 0 atom stereocenters. The Morgan fingerprint density at radius 1 is 1.24 bits per heavy atom. The first-order valence-electron chi connectivity index (χ1n) is 6.24. The Balaban J connectivity index is 2.28. The Morgan fingerprint density at radius 2 is 2.00 bits per heavy atom. The average molecular weight is 368 g/mol. The van der Waals surface area contributed by atoms with Crippen molar-refractivity contribution in [3.63, 3.8) is 0 Å². The van der Waals surface area contributed by atoms with Gasteiger partial charge in [-0.25, -0.2) is 4.98 Å². The number of aryl methyl sites for hydroxylation is 2. The third-order valence-electron chi connectivity index (χ3n) is 3.38. The van der Waals surface area contributed by atoms with Crippen molar-refractivity contribution in [2.75, 3.05) is 7.11 Å². The molecule has 0 fully saturated rings. The number of halogens is 2. The molecule has 108 valence electrons. The van der Waals surface area contributed by atoms with Crippen LogP contribution >= 0.6 is 27.5 Å². The largest absolute Gasteiger partial charge is 0.496 e. The first kappa shape index (κ1) is 14.3. The summed E-state index contributed by atoms with van der Waals surface area (Å²) in [5.74, 6) is 1.48. The molecule has 3 aromatic rings. The minimum atomic E-state index is 0.351. The molecule has 5 nitrogen and oxygen atoms in total. The van der Waals surface area contributed by atoms with E-state index in [1.54, 1.807) is 7.11 Å². The topological polar surface area (TPSA) is 52.3 Å². The Morgan fingerprint density at radius 3 is 2.67 bits per heavy atom. The summed E-state index contributed by atoms with van der Waals surface area (Å²) in [6.45, 7) is 3.88. The zero-order valence-electron chi connectivity index (χ0n) is 11.7. The highest BCUT2D eigenvalue weighted by Gasteiger charge is 2.16. The van der Waals surface area contributed by atoms with Gasteiger partial charge in [-0.05, 0) is 48.0 Å². The summed E-state index contributed by atoms with van der Waals surface area (Å²) in [6.07, 6.45) is 0. The Kier molecular flexibility index (Phi) is 3.59. The summed E-state index contributed by atoms with van der Waals surface area (Å²) in [5, 5.41) is 8.74. The molecule has 0 aliphatic carbocycles. The maximum Gasteiger partial charge on any atom is 0.199 e. The van der Waals surface area contributed by atoms with Gasteiger partial charge in [0.25, 0.3) is 0 Å². The number of aromatic nitrogens is 4. The molecular weight excluding hydrogens is 356 g/mol. The first-order valence-corrected chi connectivity index (χ1v) is 7.41. The van der Waals surface area contributed by atoms with Gasteiger partial charge >= 0.3 is 0 Å². The van der Waals surface area contributed by atoms with Crippen LogP contribution < -0.4 is 4.74 Å². The molecule has 0 radical (unpaired) electrons. The lowest BCUT2D eigenvalue weighted by molar-refractivity contribution is 0.412. The summed E-state index contributed by atoms with van der Waals surface area (Å²) < 4.78 is 8.02. The van der Waals surface area contributed by atoms with Crippen molar-refractivity contribution in [2.45, 2.75) is 13.8 Å². The van der Waals surface area contributed by atoms with Crippen molar-refractivity contribution in [1.29, 1.82) is 0 Å². The van der Waals surface area contributed by atoms with Crippen LogP contribution in [0.4, 0.5) is 0 Å². The molecule has 21 heavy (non-hydrogen) atoms. The van der Waals surface area contributed by atoms with Gasteiger partial charge in [-0.3, -0.25) is 4.40 Å². The van der Waals surface area contributed by atoms with E-state index in [0.717, 1.165) is 33.0 Å². The van der Waals surface area contributed by atoms with Crippen LogP contribution in [0.2, 0.25) is 5.15 Å². The third-order valence-corrected chi connectivity index (χ3v) is 4.26. The van der Waals surface area contributed by atoms with Gasteiger partial charge in [-0.15, -0.1) is 10.2 Å². The average Bonchev–Trinajstić information content (AvgIpc) is 2.90. The van der Waals surface area contributed by atoms with Crippen molar-refractivity contribution >= 4 is 33.2 Å². The molecule has 2 heterocycles. The molecule has 2 aromatic heterocycles. The zero-order chi connectivity index (χ0) is 15.1. The van der Waals surface area contributed by atoms with Crippen molar-refractivity contribution in [3.05, 3.63) is 39.2 Å². The van der Waals surface area contributed by atoms with Crippen LogP contribution in [-0.2, 0) is 0 Å². The van der Waals surface area contributed by atoms with E-state index in [9.17, 15) is 0 Å². The molecule has 0 aliphatic rings. The second-order valence-electron chi connectivity index (χ2n) is 4.61. The molecule has 0 aliphatic heterocycles. The lowest BCUT2D eigenvalue weighted by Crippen LogP contribution is -2.01. The maximum absolute atomic E-state index is 6.15. The van der Waals surface area contributed by atoms with Crippen molar-refractivity contribution in [3.8, 4) is 17.1 Å². The maximum atomic E-state index is 6.15. The van der Waals surface area contributed by atoms with Gasteiger partial charge < -0.3 is 4.74 Å². The number of fused-ring (bicyclic) bond motifs is 1. The molecule has 0 amide bonds. The molecule has 7 heteroatoms. The molecule has 0 unspecified atom stereocenters. The molecule has 0 N–H and O–H groups in total. The Hall–Kier alpha value is -1.66. The van der Waals surface area contributed by atoms with E-state index >= 15 is 0 Å². The Bertz CT molecular complexity index is 847. The molecular formula is C14H12BrClN4O. The summed E-state index contributed by atoms with van der Waals surface area (Å²) in [4.78, 5) is 4.27. The van der Waals surface area contributed by atoms with Gasteiger partial charge in [0.15, 0.2) is 16.6 Å². The predicted octanol–water partition coefficient (Wildman–Crippen LogP) is 3.83. The van der Waals surface area contributed by atoms with E-state index in [0.29, 0.717) is 10.8 Å². The normalized spacial score (nSPS) is 11.1. The fourth-order valence-electron chi connectivity index (χ4n) is 2.17. The second-order valence-corrected chi connectivity index (χ2v) is 5.82. The minimum absolute atomic E-state index is 0.351. The third kappa shape index (κ3) is 2.28. The number of benzene rings is 1. The van der Waals surface area contributed by atoms with E-state index in [-0.39, 0.29) is 0 Å². The van der Waals surface area contributed by atoms with E-state index in [1.807, 2.05) is 36.4 Å². The van der Waals surface area contributed by atoms with Crippen LogP contribution in [0, 0.1) is 13.8 Å². The van der Waals surface area contributed by atoms with Crippen molar-refractivity contribution in [2.24, 2.45) is 0 Å². The van der Waals surface area contributed by atoms with Gasteiger partial charge in [0, 0.05) is 11.3 Å². The van der Waals surface area contributed by atoms with Crippen molar-refractivity contribution < 1.29 is 4.74 Å². The summed E-state index contributed by atoms with van der Waals surface area (Å²) in [7, 11) is 1.63. The highest BCUT2D eigenvalue weighted by atomic mass is 79.9. The summed E-state index contributed by atoms with van der Waals surface area (Å²) in [6, 6.07) is 5.76.